The normalized spacial score (nSPS) is 22.4. The fourth-order valence-corrected chi connectivity index (χ4v) is 7.02. The van der Waals surface area contributed by atoms with Gasteiger partial charge in [-0.1, -0.05) is 78.9 Å². The first-order chi connectivity index (χ1) is 28.9. The van der Waals surface area contributed by atoms with Crippen molar-refractivity contribution >= 4 is 47.2 Å². The Kier molecular flexibility index (Phi) is 15.9. The number of benzene rings is 3. The third kappa shape index (κ3) is 13.3. The number of nitrogens with zero attached hydrogens (tertiary/aromatic N) is 2. The number of guanidine groups is 1. The Hall–Kier alpha value is -7.04. The summed E-state index contributed by atoms with van der Waals surface area (Å²) < 4.78 is 0. The van der Waals surface area contributed by atoms with Gasteiger partial charge >= 0.3 is 0 Å². The van der Waals surface area contributed by atoms with Crippen molar-refractivity contribution < 1.29 is 38.7 Å². The summed E-state index contributed by atoms with van der Waals surface area (Å²) in [7, 11) is 0. The first kappa shape index (κ1) is 44.1. The minimum atomic E-state index is -1.39. The summed E-state index contributed by atoms with van der Waals surface area (Å²) in [6.07, 6.45) is 3.47. The van der Waals surface area contributed by atoms with Gasteiger partial charge in [0, 0.05) is 32.1 Å². The van der Waals surface area contributed by atoms with E-state index in [1.165, 1.54) is 29.2 Å². The molecule has 5 rings (SSSR count). The Morgan fingerprint density at radius 2 is 1.47 bits per heavy atom. The molecule has 2 aliphatic heterocycles. The quantitative estimate of drug-likeness (QED) is 0.0540. The Balaban J connectivity index is 1.50. The van der Waals surface area contributed by atoms with Crippen LogP contribution in [0.15, 0.2) is 102 Å². The van der Waals surface area contributed by atoms with Crippen molar-refractivity contribution in [3.05, 3.63) is 114 Å². The van der Waals surface area contributed by atoms with Gasteiger partial charge < -0.3 is 48.1 Å². The number of hydrogen-bond donors (Lipinski definition) is 8. The summed E-state index contributed by atoms with van der Waals surface area (Å²) in [6, 6.07) is 18.0. The number of rotatable bonds is 11. The average Bonchev–Trinajstić information content (AvgIpc) is 3.73. The maximum atomic E-state index is 14.2. The molecule has 2 aliphatic rings. The third-order valence-electron chi connectivity index (χ3n) is 10.1. The predicted octanol–water partition coefficient (Wildman–Crippen LogP) is -0.341. The number of aliphatic imine (C=N–C) groups is 1. The third-order valence-corrected chi connectivity index (χ3v) is 10.1. The van der Waals surface area contributed by atoms with Crippen LogP contribution in [0.1, 0.15) is 42.4 Å². The van der Waals surface area contributed by atoms with Gasteiger partial charge in [-0.25, -0.2) is 0 Å². The van der Waals surface area contributed by atoms with Crippen LogP contribution in [0.25, 0.3) is 0 Å². The predicted molar refractivity (Wildman–Crippen MR) is 222 cm³/mol. The van der Waals surface area contributed by atoms with E-state index in [2.05, 4.69) is 31.6 Å². The lowest BCUT2D eigenvalue weighted by Crippen LogP contribution is -2.59. The van der Waals surface area contributed by atoms with Crippen LogP contribution in [-0.2, 0) is 52.8 Å². The van der Waals surface area contributed by atoms with Crippen LogP contribution in [0, 0.1) is 0 Å². The highest BCUT2D eigenvalue weighted by Crippen LogP contribution is 2.20. The zero-order valence-electron chi connectivity index (χ0n) is 33.0. The van der Waals surface area contributed by atoms with Gasteiger partial charge in [0.15, 0.2) is 5.96 Å². The van der Waals surface area contributed by atoms with E-state index in [1.807, 2.05) is 0 Å². The highest BCUT2D eigenvalue weighted by Gasteiger charge is 2.40. The molecule has 60 heavy (non-hydrogen) atoms. The molecule has 1 saturated heterocycles. The number of nitrogens with two attached hydrogens (primary N) is 2. The van der Waals surface area contributed by atoms with Gasteiger partial charge in [-0.05, 0) is 60.9 Å². The molecule has 2 heterocycles. The van der Waals surface area contributed by atoms with Gasteiger partial charge in [-0.15, -0.1) is 0 Å². The maximum absolute atomic E-state index is 14.2. The largest absolute Gasteiger partial charge is 0.508 e. The molecule has 0 spiro atoms. The monoisotopic (exact) mass is 821 g/mol. The highest BCUT2D eigenvalue weighted by molar-refractivity contribution is 6.38. The number of Topliss-reactive ketones (excluding diaryl/α,β-unsaturated/α-hetero) is 1. The van der Waals surface area contributed by atoms with Crippen molar-refractivity contribution in [1.82, 2.24) is 31.5 Å². The number of carbonyl (C=O) groups excluding carboxylic acids is 7. The van der Waals surface area contributed by atoms with E-state index in [9.17, 15) is 38.7 Å². The summed E-state index contributed by atoms with van der Waals surface area (Å²) in [5.74, 6) is -5.48. The molecule has 17 heteroatoms. The molecule has 3 aromatic carbocycles. The molecule has 17 nitrogen and oxygen atoms in total. The zero-order chi connectivity index (χ0) is 43.0. The molecule has 0 bridgehead atoms. The van der Waals surface area contributed by atoms with E-state index in [0.29, 0.717) is 23.1 Å². The number of carbonyl (C=O) groups is 7. The standard InChI is InChI=1S/C43H51N9O8/c44-43(45)46-21-7-13-32-38(56)41(59)51-33(24-27-9-3-1-4-10-27)39(57)48-30(23-29-15-18-31(53)19-16-29)17-20-36(54)47-26-34(49-37(55)25-28-11-5-2-6-12-28)42(60)52-22-8-14-35(52)40(58)50-32/h1-6,9-12,15-20,30,32-35,53H,7-8,13-14,21-26H2,(H,47,54)(H,48,57)(H,49,55)(H,50,58)(H,51,59)(H4,44,45,46)/b20-17+/t30-,32+,33-,34+,35?/m1/s1. The minimum absolute atomic E-state index is 0.0140. The van der Waals surface area contributed by atoms with E-state index < -0.39 is 71.4 Å². The van der Waals surface area contributed by atoms with Gasteiger partial charge in [-0.2, -0.15) is 0 Å². The molecule has 0 radical (unpaired) electrons. The van der Waals surface area contributed by atoms with Crippen molar-refractivity contribution in [3.8, 4) is 5.75 Å². The SMILES string of the molecule is NC(N)=NCCC[C@@H]1NC(=O)C2CCCN2C(=O)[C@@H](NC(=O)Cc2ccccc2)CNC(=O)/C=C/[C@H](Cc2ccc(O)cc2)NC(=O)[C@@H](Cc2ccccc2)NC(=O)C1=O. The second-order valence-electron chi connectivity index (χ2n) is 14.7. The smallest absolute Gasteiger partial charge is 0.290 e. The molecule has 0 saturated carbocycles. The van der Waals surface area contributed by atoms with Gasteiger partial charge in [0.25, 0.3) is 5.91 Å². The Morgan fingerprint density at radius 3 is 2.15 bits per heavy atom. The van der Waals surface area contributed by atoms with Crippen LogP contribution in [0.2, 0.25) is 0 Å². The maximum Gasteiger partial charge on any atom is 0.290 e. The van der Waals surface area contributed by atoms with Crippen LogP contribution in [0.3, 0.4) is 0 Å². The molecule has 0 aliphatic carbocycles. The second kappa shape index (κ2) is 21.6. The first-order valence-electron chi connectivity index (χ1n) is 19.8. The van der Waals surface area contributed by atoms with Gasteiger partial charge in [-0.3, -0.25) is 38.6 Å². The van der Waals surface area contributed by atoms with Crippen LogP contribution in [0.4, 0.5) is 0 Å². The highest BCUT2D eigenvalue weighted by atomic mass is 16.3. The molecule has 6 amide bonds. The summed E-state index contributed by atoms with van der Waals surface area (Å²) in [6.45, 7) is -0.109. The minimum Gasteiger partial charge on any atom is -0.508 e. The van der Waals surface area contributed by atoms with Crippen molar-refractivity contribution in [2.24, 2.45) is 16.5 Å². The number of ketones is 1. The number of phenolic OH excluding ortho intramolecular Hbond substituents is 1. The zero-order valence-corrected chi connectivity index (χ0v) is 33.0. The van der Waals surface area contributed by atoms with E-state index in [-0.39, 0.29) is 69.9 Å². The van der Waals surface area contributed by atoms with E-state index in [4.69, 9.17) is 11.5 Å². The van der Waals surface area contributed by atoms with Gasteiger partial charge in [0.05, 0.1) is 18.5 Å². The first-order valence-corrected chi connectivity index (χ1v) is 19.8. The Bertz CT molecular complexity index is 2060. The van der Waals surface area contributed by atoms with Crippen LogP contribution >= 0.6 is 0 Å². The van der Waals surface area contributed by atoms with E-state index in [0.717, 1.165) is 0 Å². The molecule has 3 aromatic rings. The topological polar surface area (TPSA) is 268 Å². The number of fused-ring (bicyclic) bond motifs is 1. The number of phenols is 1. The molecule has 0 aromatic heterocycles. The lowest BCUT2D eigenvalue weighted by atomic mass is 10.0. The number of nitrogens with one attached hydrogen (secondary N) is 5. The number of amides is 6. The van der Waals surface area contributed by atoms with Crippen molar-refractivity contribution in [1.29, 1.82) is 0 Å². The van der Waals surface area contributed by atoms with Gasteiger partial charge in [0.1, 0.15) is 23.9 Å². The molecule has 10 N–H and O–H groups in total. The molecule has 1 fully saturated rings. The lowest BCUT2D eigenvalue weighted by Gasteiger charge is -2.30. The van der Waals surface area contributed by atoms with E-state index in [1.54, 1.807) is 72.8 Å². The van der Waals surface area contributed by atoms with Crippen LogP contribution in [0.5, 0.6) is 5.75 Å². The average molecular weight is 822 g/mol. The lowest BCUT2D eigenvalue weighted by molar-refractivity contribution is -0.144. The summed E-state index contributed by atoms with van der Waals surface area (Å²) in [4.78, 5) is 102. The van der Waals surface area contributed by atoms with Crippen LogP contribution < -0.4 is 38.1 Å². The van der Waals surface area contributed by atoms with Crippen molar-refractivity contribution in [3.63, 3.8) is 0 Å². The summed E-state index contributed by atoms with van der Waals surface area (Å²) in [5.41, 5.74) is 13.0. The molecule has 1 unspecified atom stereocenters. The molecule has 316 valence electrons. The van der Waals surface area contributed by atoms with Crippen LogP contribution in [-0.4, -0.2) is 107 Å². The summed E-state index contributed by atoms with van der Waals surface area (Å²) in [5, 5.41) is 23.3. The van der Waals surface area contributed by atoms with Gasteiger partial charge in [0.2, 0.25) is 35.3 Å². The number of hydrogen-bond acceptors (Lipinski definition) is 9. The van der Waals surface area contributed by atoms with E-state index >= 15 is 0 Å². The number of aromatic hydroxyl groups is 1. The Morgan fingerprint density at radius 1 is 0.800 bits per heavy atom. The Labute approximate surface area is 347 Å². The fraction of sp³-hybridized carbons (Fsp3) is 0.349. The summed E-state index contributed by atoms with van der Waals surface area (Å²) >= 11 is 0. The molecule has 5 atom stereocenters. The van der Waals surface area contributed by atoms with Crippen molar-refractivity contribution in [2.45, 2.75) is 75.2 Å². The fourth-order valence-electron chi connectivity index (χ4n) is 7.02. The molecular weight excluding hydrogens is 771 g/mol. The molecular formula is C43H51N9O8. The van der Waals surface area contributed by atoms with Crippen molar-refractivity contribution in [2.75, 3.05) is 19.6 Å². The second-order valence-corrected chi connectivity index (χ2v) is 14.7.